The topological polar surface area (TPSA) is 73.6 Å². The second kappa shape index (κ2) is 13.6. The van der Waals surface area contributed by atoms with Crippen LogP contribution in [0.4, 0.5) is 5.69 Å². The van der Waals surface area contributed by atoms with Crippen LogP contribution in [0.2, 0.25) is 0 Å². The molecule has 0 spiro atoms. The van der Waals surface area contributed by atoms with E-state index in [1.807, 2.05) is 0 Å². The van der Waals surface area contributed by atoms with Crippen LogP contribution in [-0.4, -0.2) is 78.0 Å². The number of guanidine groups is 1. The number of aromatic nitrogens is 3. The summed E-state index contributed by atoms with van der Waals surface area (Å²) in [6, 6.07) is 6.61. The molecule has 8 nitrogen and oxygen atoms in total. The molecule has 1 aromatic carbocycles. The lowest BCUT2D eigenvalue weighted by Crippen LogP contribution is -2.47. The van der Waals surface area contributed by atoms with Crippen LogP contribution in [0.5, 0.6) is 0 Å². The summed E-state index contributed by atoms with van der Waals surface area (Å²) in [6.45, 7) is 17.2. The van der Waals surface area contributed by atoms with Crippen molar-refractivity contribution in [1.29, 1.82) is 0 Å². The first-order valence-electron chi connectivity index (χ1n) is 11.5. The first kappa shape index (κ1) is 26.4. The van der Waals surface area contributed by atoms with E-state index in [-0.39, 0.29) is 24.0 Å². The number of aliphatic imine (C=N–C) groups is 1. The Kier molecular flexibility index (Phi) is 11.2. The van der Waals surface area contributed by atoms with Gasteiger partial charge in [0.05, 0.1) is 6.54 Å². The lowest BCUT2D eigenvalue weighted by atomic mass is 10.1. The maximum Gasteiger partial charge on any atom is 0.191 e. The van der Waals surface area contributed by atoms with Gasteiger partial charge in [-0.2, -0.15) is 0 Å². The number of halogens is 1. The van der Waals surface area contributed by atoms with Gasteiger partial charge >= 0.3 is 0 Å². The van der Waals surface area contributed by atoms with Crippen LogP contribution in [0, 0.1) is 13.8 Å². The van der Waals surface area contributed by atoms with Crippen LogP contribution in [-0.2, 0) is 13.0 Å². The van der Waals surface area contributed by atoms with Crippen molar-refractivity contribution in [1.82, 2.24) is 30.3 Å². The number of rotatable bonds is 9. The number of hydrogen-bond donors (Lipinski definition) is 2. The van der Waals surface area contributed by atoms with E-state index in [1.54, 1.807) is 6.33 Å². The van der Waals surface area contributed by atoms with E-state index in [4.69, 9.17) is 4.99 Å². The van der Waals surface area contributed by atoms with Gasteiger partial charge in [-0.15, -0.1) is 34.2 Å². The quantitative estimate of drug-likeness (QED) is 0.282. The fourth-order valence-electron chi connectivity index (χ4n) is 3.97. The molecule has 0 saturated carbocycles. The maximum absolute atomic E-state index is 4.77. The van der Waals surface area contributed by atoms with E-state index < -0.39 is 0 Å². The molecule has 178 valence electrons. The summed E-state index contributed by atoms with van der Waals surface area (Å²) < 4.78 is 2.09. The van der Waals surface area contributed by atoms with Crippen LogP contribution < -0.4 is 15.5 Å². The smallest absolute Gasteiger partial charge is 0.191 e. The minimum atomic E-state index is 0. The van der Waals surface area contributed by atoms with Gasteiger partial charge in [-0.1, -0.05) is 19.1 Å². The molecule has 1 aliphatic heterocycles. The Hall–Kier alpha value is -1.88. The van der Waals surface area contributed by atoms with Crippen LogP contribution >= 0.6 is 24.0 Å². The number of benzene rings is 1. The van der Waals surface area contributed by atoms with Crippen molar-refractivity contribution >= 4 is 35.6 Å². The molecule has 0 aliphatic carbocycles. The monoisotopic (exact) mass is 554 g/mol. The van der Waals surface area contributed by atoms with E-state index in [2.05, 4.69) is 81.1 Å². The van der Waals surface area contributed by atoms with Gasteiger partial charge in [0.2, 0.25) is 0 Å². The molecular formula is C23H39IN8. The second-order valence-electron chi connectivity index (χ2n) is 8.03. The third-order valence-electron chi connectivity index (χ3n) is 5.98. The molecule has 3 rings (SSSR count). The Morgan fingerprint density at radius 2 is 1.84 bits per heavy atom. The molecule has 1 fully saturated rings. The SMILES string of the molecule is CCNC(=NCCN1CCN(c2cccc(C)c2C)CC1)NCCn1cnnc1CC.I. The first-order chi connectivity index (χ1) is 15.1. The second-order valence-corrected chi connectivity index (χ2v) is 8.03. The molecule has 0 bridgehead atoms. The number of hydrogen-bond acceptors (Lipinski definition) is 5. The highest BCUT2D eigenvalue weighted by Gasteiger charge is 2.18. The molecule has 0 atom stereocenters. The molecule has 1 saturated heterocycles. The summed E-state index contributed by atoms with van der Waals surface area (Å²) in [7, 11) is 0. The van der Waals surface area contributed by atoms with Crippen molar-refractivity contribution in [3.05, 3.63) is 41.5 Å². The van der Waals surface area contributed by atoms with E-state index in [0.29, 0.717) is 0 Å². The Morgan fingerprint density at radius 3 is 2.56 bits per heavy atom. The molecule has 0 radical (unpaired) electrons. The predicted octanol–water partition coefficient (Wildman–Crippen LogP) is 2.45. The van der Waals surface area contributed by atoms with Crippen molar-refractivity contribution in [2.45, 2.75) is 40.7 Å². The summed E-state index contributed by atoms with van der Waals surface area (Å²) >= 11 is 0. The predicted molar refractivity (Wildman–Crippen MR) is 143 cm³/mol. The van der Waals surface area contributed by atoms with Crippen molar-refractivity contribution in [3.8, 4) is 0 Å². The highest BCUT2D eigenvalue weighted by Crippen LogP contribution is 2.23. The fourth-order valence-corrected chi connectivity index (χ4v) is 3.97. The van der Waals surface area contributed by atoms with E-state index in [9.17, 15) is 0 Å². The highest BCUT2D eigenvalue weighted by molar-refractivity contribution is 14.0. The molecule has 2 aromatic rings. The zero-order chi connectivity index (χ0) is 22.1. The van der Waals surface area contributed by atoms with Crippen molar-refractivity contribution in [2.24, 2.45) is 4.99 Å². The Morgan fingerprint density at radius 1 is 1.06 bits per heavy atom. The third kappa shape index (κ3) is 7.33. The normalized spacial score (nSPS) is 14.9. The summed E-state index contributed by atoms with van der Waals surface area (Å²) in [5.74, 6) is 1.89. The maximum atomic E-state index is 4.77. The van der Waals surface area contributed by atoms with Gasteiger partial charge in [-0.3, -0.25) is 9.89 Å². The number of aryl methyl sites for hydroxylation is 2. The lowest BCUT2D eigenvalue weighted by Gasteiger charge is -2.36. The van der Waals surface area contributed by atoms with Gasteiger partial charge < -0.3 is 20.1 Å². The van der Waals surface area contributed by atoms with Crippen LogP contribution in [0.15, 0.2) is 29.5 Å². The first-order valence-corrected chi connectivity index (χ1v) is 11.5. The Bertz CT molecular complexity index is 842. The van der Waals surface area contributed by atoms with Gasteiger partial charge in [0, 0.05) is 64.5 Å². The standard InChI is InChI=1S/C23H38N8.HI/c1-5-22-28-27-18-31(22)13-11-26-23(24-6-2)25-10-12-29-14-16-30(17-15-29)21-9-7-8-19(3)20(21)4;/h7-9,18H,5-6,10-17H2,1-4H3,(H2,24,25,26);1H. The number of anilines is 1. The van der Waals surface area contributed by atoms with Crippen molar-refractivity contribution in [2.75, 3.05) is 57.3 Å². The Balaban J connectivity index is 0.00000363. The molecule has 0 unspecified atom stereocenters. The van der Waals surface area contributed by atoms with Crippen LogP contribution in [0.3, 0.4) is 0 Å². The number of nitrogens with zero attached hydrogens (tertiary/aromatic N) is 6. The van der Waals surface area contributed by atoms with Crippen LogP contribution in [0.25, 0.3) is 0 Å². The zero-order valence-corrected chi connectivity index (χ0v) is 22.3. The Labute approximate surface area is 209 Å². The molecule has 32 heavy (non-hydrogen) atoms. The molecular weight excluding hydrogens is 515 g/mol. The summed E-state index contributed by atoms with van der Waals surface area (Å²) in [5, 5.41) is 14.9. The van der Waals surface area contributed by atoms with E-state index >= 15 is 0 Å². The zero-order valence-electron chi connectivity index (χ0n) is 20.0. The largest absolute Gasteiger partial charge is 0.369 e. The van der Waals surface area contributed by atoms with Gasteiger partial charge in [-0.25, -0.2) is 0 Å². The molecule has 1 aromatic heterocycles. The molecule has 9 heteroatoms. The van der Waals surface area contributed by atoms with Crippen LogP contribution in [0.1, 0.15) is 30.8 Å². The minimum Gasteiger partial charge on any atom is -0.369 e. The summed E-state index contributed by atoms with van der Waals surface area (Å²) in [4.78, 5) is 9.80. The van der Waals surface area contributed by atoms with E-state index in [0.717, 1.165) is 77.1 Å². The van der Waals surface area contributed by atoms with E-state index in [1.165, 1.54) is 16.8 Å². The highest BCUT2D eigenvalue weighted by atomic mass is 127. The van der Waals surface area contributed by atoms with Gasteiger partial charge in [0.1, 0.15) is 12.2 Å². The summed E-state index contributed by atoms with van der Waals surface area (Å²) in [6.07, 6.45) is 2.69. The van der Waals surface area contributed by atoms with Gasteiger partial charge in [0.15, 0.2) is 5.96 Å². The third-order valence-corrected chi connectivity index (χ3v) is 5.98. The number of nitrogens with one attached hydrogen (secondary N) is 2. The fraction of sp³-hybridized carbons (Fsp3) is 0.609. The minimum absolute atomic E-state index is 0. The molecule has 2 heterocycles. The number of piperazine rings is 1. The van der Waals surface area contributed by atoms with Gasteiger partial charge in [-0.05, 0) is 38.0 Å². The van der Waals surface area contributed by atoms with Crippen molar-refractivity contribution in [3.63, 3.8) is 0 Å². The molecule has 1 aliphatic rings. The van der Waals surface area contributed by atoms with Crippen molar-refractivity contribution < 1.29 is 0 Å². The lowest BCUT2D eigenvalue weighted by molar-refractivity contribution is 0.265. The molecule has 2 N–H and O–H groups in total. The molecule has 0 amide bonds. The average Bonchev–Trinajstić information content (AvgIpc) is 3.24. The average molecular weight is 555 g/mol. The van der Waals surface area contributed by atoms with Gasteiger partial charge in [0.25, 0.3) is 0 Å². The summed E-state index contributed by atoms with van der Waals surface area (Å²) in [5.41, 5.74) is 4.16.